The Hall–Kier alpha value is -2.50. The first-order valence-electron chi connectivity index (χ1n) is 8.27. The zero-order chi connectivity index (χ0) is 17.4. The average Bonchev–Trinajstić information content (AvgIpc) is 2.62. The molecule has 0 aliphatic rings. The molecule has 0 atom stereocenters. The van der Waals surface area contributed by atoms with Gasteiger partial charge in [-0.2, -0.15) is 0 Å². The first-order chi connectivity index (χ1) is 11.7. The summed E-state index contributed by atoms with van der Waals surface area (Å²) in [4.78, 5) is 11.0. The van der Waals surface area contributed by atoms with Crippen molar-refractivity contribution in [3.05, 3.63) is 30.6 Å². The third-order valence-corrected chi connectivity index (χ3v) is 3.64. The lowest BCUT2D eigenvalue weighted by Gasteiger charge is -2.22. The minimum Gasteiger partial charge on any atom is -0.497 e. The van der Waals surface area contributed by atoms with Crippen LogP contribution in [-0.2, 0) is 0 Å². The van der Waals surface area contributed by atoms with E-state index >= 15 is 0 Å². The van der Waals surface area contributed by atoms with Gasteiger partial charge in [-0.3, -0.25) is 0 Å². The molecule has 24 heavy (non-hydrogen) atoms. The van der Waals surface area contributed by atoms with Gasteiger partial charge in [0.15, 0.2) is 0 Å². The minimum atomic E-state index is 0.702. The highest BCUT2D eigenvalue weighted by molar-refractivity contribution is 5.67. The van der Waals surface area contributed by atoms with Gasteiger partial charge in [-0.15, -0.1) is 0 Å². The number of nitrogens with zero attached hydrogens (tertiary/aromatic N) is 3. The molecule has 0 radical (unpaired) electrons. The molecule has 2 rings (SSSR count). The number of benzene rings is 1. The Morgan fingerprint density at radius 1 is 1.00 bits per heavy atom. The van der Waals surface area contributed by atoms with E-state index in [1.807, 2.05) is 24.3 Å². The second kappa shape index (κ2) is 8.96. The van der Waals surface area contributed by atoms with E-state index in [0.29, 0.717) is 5.75 Å². The molecule has 130 valence electrons. The van der Waals surface area contributed by atoms with Gasteiger partial charge >= 0.3 is 0 Å². The lowest BCUT2D eigenvalue weighted by atomic mass is 10.2. The number of anilines is 3. The van der Waals surface area contributed by atoms with E-state index in [0.717, 1.165) is 49.0 Å². The predicted molar refractivity (Wildman–Crippen MR) is 97.7 cm³/mol. The van der Waals surface area contributed by atoms with E-state index < -0.39 is 0 Å². The van der Waals surface area contributed by atoms with Crippen molar-refractivity contribution in [3.8, 4) is 11.5 Å². The SMILES string of the molecule is CCCN(CCC)c1cc(Nc2ccc(OC)cc2OC)ncn1. The van der Waals surface area contributed by atoms with E-state index in [9.17, 15) is 0 Å². The molecular weight excluding hydrogens is 304 g/mol. The monoisotopic (exact) mass is 330 g/mol. The fourth-order valence-corrected chi connectivity index (χ4v) is 2.51. The Morgan fingerprint density at radius 2 is 1.75 bits per heavy atom. The highest BCUT2D eigenvalue weighted by Gasteiger charge is 2.10. The Kier molecular flexibility index (Phi) is 6.66. The van der Waals surface area contributed by atoms with Gasteiger partial charge in [-0.25, -0.2) is 9.97 Å². The minimum absolute atomic E-state index is 0.702. The smallest absolute Gasteiger partial charge is 0.146 e. The quantitative estimate of drug-likeness (QED) is 0.753. The second-order valence-corrected chi connectivity index (χ2v) is 5.44. The Morgan fingerprint density at radius 3 is 2.38 bits per heavy atom. The van der Waals surface area contributed by atoms with Crippen LogP contribution in [0.1, 0.15) is 26.7 Å². The fourth-order valence-electron chi connectivity index (χ4n) is 2.51. The molecule has 2 aromatic rings. The van der Waals surface area contributed by atoms with E-state index in [-0.39, 0.29) is 0 Å². The van der Waals surface area contributed by atoms with Gasteiger partial charge in [0.1, 0.15) is 29.5 Å². The van der Waals surface area contributed by atoms with Crippen molar-refractivity contribution in [1.29, 1.82) is 0 Å². The summed E-state index contributed by atoms with van der Waals surface area (Å²) in [7, 11) is 3.27. The largest absolute Gasteiger partial charge is 0.497 e. The maximum Gasteiger partial charge on any atom is 0.146 e. The number of hydrogen-bond acceptors (Lipinski definition) is 6. The van der Waals surface area contributed by atoms with Gasteiger partial charge in [-0.05, 0) is 25.0 Å². The molecule has 0 bridgehead atoms. The van der Waals surface area contributed by atoms with Crippen LogP contribution >= 0.6 is 0 Å². The molecule has 0 amide bonds. The van der Waals surface area contributed by atoms with Crippen LogP contribution in [0.3, 0.4) is 0 Å². The maximum atomic E-state index is 5.42. The average molecular weight is 330 g/mol. The van der Waals surface area contributed by atoms with Crippen molar-refractivity contribution in [2.75, 3.05) is 37.5 Å². The van der Waals surface area contributed by atoms with Crippen molar-refractivity contribution in [2.24, 2.45) is 0 Å². The number of ether oxygens (including phenoxy) is 2. The van der Waals surface area contributed by atoms with Crippen LogP contribution in [0.2, 0.25) is 0 Å². The van der Waals surface area contributed by atoms with Crippen molar-refractivity contribution >= 4 is 17.3 Å². The van der Waals surface area contributed by atoms with Gasteiger partial charge in [0, 0.05) is 25.2 Å². The molecule has 1 aromatic carbocycles. The lowest BCUT2D eigenvalue weighted by Crippen LogP contribution is -2.25. The van der Waals surface area contributed by atoms with Crippen molar-refractivity contribution in [2.45, 2.75) is 26.7 Å². The fraction of sp³-hybridized carbons (Fsp3) is 0.444. The lowest BCUT2D eigenvalue weighted by molar-refractivity contribution is 0.395. The zero-order valence-corrected chi connectivity index (χ0v) is 14.9. The number of hydrogen-bond donors (Lipinski definition) is 1. The topological polar surface area (TPSA) is 59.5 Å². The first-order valence-corrected chi connectivity index (χ1v) is 8.27. The molecule has 0 aliphatic heterocycles. The summed E-state index contributed by atoms with van der Waals surface area (Å²) in [5, 5.41) is 3.30. The molecule has 0 unspecified atom stereocenters. The normalized spacial score (nSPS) is 10.3. The van der Waals surface area contributed by atoms with Crippen molar-refractivity contribution in [1.82, 2.24) is 9.97 Å². The summed E-state index contributed by atoms with van der Waals surface area (Å²) in [5.74, 6) is 3.12. The van der Waals surface area contributed by atoms with Gasteiger partial charge in [0.25, 0.3) is 0 Å². The van der Waals surface area contributed by atoms with Crippen LogP contribution in [0.5, 0.6) is 11.5 Å². The van der Waals surface area contributed by atoms with E-state index in [1.54, 1.807) is 20.5 Å². The highest BCUT2D eigenvalue weighted by Crippen LogP contribution is 2.31. The molecule has 6 heteroatoms. The van der Waals surface area contributed by atoms with Crippen LogP contribution in [0.15, 0.2) is 30.6 Å². The molecule has 0 saturated heterocycles. The molecular formula is C18H26N4O2. The van der Waals surface area contributed by atoms with Crippen LogP contribution in [0, 0.1) is 0 Å². The summed E-state index contributed by atoms with van der Waals surface area (Å²) >= 11 is 0. The standard InChI is InChI=1S/C18H26N4O2/c1-5-9-22(10-6-2)18-12-17(19-13-20-18)21-15-8-7-14(23-3)11-16(15)24-4/h7-8,11-13H,5-6,9-10H2,1-4H3,(H,19,20,21). The van der Waals surface area contributed by atoms with Crippen LogP contribution < -0.4 is 19.7 Å². The molecule has 6 nitrogen and oxygen atoms in total. The summed E-state index contributed by atoms with van der Waals surface area (Å²) in [6.45, 7) is 6.31. The molecule has 1 heterocycles. The number of rotatable bonds is 9. The summed E-state index contributed by atoms with van der Waals surface area (Å²) in [6.07, 6.45) is 3.75. The number of nitrogens with one attached hydrogen (secondary N) is 1. The molecule has 0 fully saturated rings. The maximum absolute atomic E-state index is 5.42. The number of aromatic nitrogens is 2. The van der Waals surface area contributed by atoms with E-state index in [2.05, 4.69) is 34.0 Å². The molecule has 0 aliphatic carbocycles. The van der Waals surface area contributed by atoms with Gasteiger partial charge in [-0.1, -0.05) is 13.8 Å². The summed E-state index contributed by atoms with van der Waals surface area (Å²) < 4.78 is 10.6. The molecule has 1 aromatic heterocycles. The summed E-state index contributed by atoms with van der Waals surface area (Å²) in [6, 6.07) is 7.60. The summed E-state index contributed by atoms with van der Waals surface area (Å²) in [5.41, 5.74) is 0.834. The Labute approximate surface area is 143 Å². The van der Waals surface area contributed by atoms with Crippen molar-refractivity contribution < 1.29 is 9.47 Å². The molecule has 0 spiro atoms. The Balaban J connectivity index is 2.23. The molecule has 0 saturated carbocycles. The van der Waals surface area contributed by atoms with Crippen LogP contribution in [0.4, 0.5) is 17.3 Å². The third kappa shape index (κ3) is 4.50. The van der Waals surface area contributed by atoms with Crippen molar-refractivity contribution in [3.63, 3.8) is 0 Å². The van der Waals surface area contributed by atoms with Crippen LogP contribution in [0.25, 0.3) is 0 Å². The van der Waals surface area contributed by atoms with Crippen LogP contribution in [-0.4, -0.2) is 37.3 Å². The Bertz CT molecular complexity index is 643. The highest BCUT2D eigenvalue weighted by atomic mass is 16.5. The third-order valence-electron chi connectivity index (χ3n) is 3.64. The first kappa shape index (κ1) is 17.8. The van der Waals surface area contributed by atoms with Gasteiger partial charge < -0.3 is 19.7 Å². The zero-order valence-electron chi connectivity index (χ0n) is 14.9. The number of methoxy groups -OCH3 is 2. The second-order valence-electron chi connectivity index (χ2n) is 5.44. The predicted octanol–water partition coefficient (Wildman–Crippen LogP) is 3.86. The van der Waals surface area contributed by atoms with E-state index in [4.69, 9.17) is 9.47 Å². The van der Waals surface area contributed by atoms with Gasteiger partial charge in [0.05, 0.1) is 19.9 Å². The van der Waals surface area contributed by atoms with Gasteiger partial charge in [0.2, 0.25) is 0 Å². The van der Waals surface area contributed by atoms with E-state index in [1.165, 1.54) is 0 Å². The molecule has 1 N–H and O–H groups in total.